The lowest BCUT2D eigenvalue weighted by atomic mass is 9.87. The van der Waals surface area contributed by atoms with E-state index in [9.17, 15) is 13.2 Å². The molecule has 0 bridgehead atoms. The van der Waals surface area contributed by atoms with Gasteiger partial charge in [-0.05, 0) is 67.5 Å². The fraction of sp³-hybridized carbons (Fsp3) is 0.409. The second-order valence-electron chi connectivity index (χ2n) is 7.63. The lowest BCUT2D eigenvalue weighted by Gasteiger charge is -2.26. The van der Waals surface area contributed by atoms with Gasteiger partial charge >= 0.3 is 0 Å². The maximum Gasteiger partial charge on any atom is 0.251 e. The highest BCUT2D eigenvalue weighted by atomic mass is 32.2. The summed E-state index contributed by atoms with van der Waals surface area (Å²) in [6.45, 7) is 0.952. The van der Waals surface area contributed by atoms with Crippen LogP contribution in [-0.2, 0) is 21.2 Å². The van der Waals surface area contributed by atoms with Gasteiger partial charge in [0.15, 0.2) is 0 Å². The average Bonchev–Trinajstić information content (AvgIpc) is 3.26. The molecular weight excluding hydrogens is 388 g/mol. The van der Waals surface area contributed by atoms with Crippen LogP contribution in [0.4, 0.5) is 0 Å². The van der Waals surface area contributed by atoms with E-state index in [4.69, 9.17) is 4.74 Å². The molecule has 2 aromatic rings. The zero-order valence-corrected chi connectivity index (χ0v) is 17.1. The van der Waals surface area contributed by atoms with E-state index in [1.165, 1.54) is 23.3 Å². The number of ether oxygens (including phenoxy) is 1. The molecule has 6 nitrogen and oxygen atoms in total. The Kier molecular flexibility index (Phi) is 5.99. The first-order chi connectivity index (χ1) is 14.0. The number of hydrogen-bond acceptors (Lipinski definition) is 4. The van der Waals surface area contributed by atoms with Crippen molar-refractivity contribution >= 4 is 15.9 Å². The molecule has 1 fully saturated rings. The summed E-state index contributed by atoms with van der Waals surface area (Å²) >= 11 is 0. The topological polar surface area (TPSA) is 84.5 Å². The van der Waals surface area contributed by atoms with Crippen molar-refractivity contribution in [3.05, 3.63) is 65.2 Å². The highest BCUT2D eigenvalue weighted by Crippen LogP contribution is 2.29. The van der Waals surface area contributed by atoms with Crippen molar-refractivity contribution in [3.63, 3.8) is 0 Å². The molecule has 0 unspecified atom stereocenters. The minimum Gasteiger partial charge on any atom is -0.377 e. The summed E-state index contributed by atoms with van der Waals surface area (Å²) in [5.41, 5.74) is 2.90. The molecule has 1 aliphatic carbocycles. The van der Waals surface area contributed by atoms with Gasteiger partial charge in [-0.25, -0.2) is 13.1 Å². The summed E-state index contributed by atoms with van der Waals surface area (Å²) in [5.74, 6) is -0.192. The zero-order valence-electron chi connectivity index (χ0n) is 16.3. The van der Waals surface area contributed by atoms with Gasteiger partial charge in [-0.1, -0.05) is 24.3 Å². The van der Waals surface area contributed by atoms with Crippen LogP contribution in [0.15, 0.2) is 53.4 Å². The summed E-state index contributed by atoms with van der Waals surface area (Å²) in [6.07, 6.45) is 4.74. The number of aryl methyl sites for hydroxylation is 1. The lowest BCUT2D eigenvalue weighted by Crippen LogP contribution is -2.32. The number of carbonyl (C=O) groups excluding carboxylic acids is 1. The van der Waals surface area contributed by atoms with Crippen molar-refractivity contribution in [2.75, 3.05) is 13.2 Å². The van der Waals surface area contributed by atoms with Crippen molar-refractivity contribution in [3.8, 4) is 0 Å². The Balaban J connectivity index is 1.40. The molecule has 7 heteroatoms. The van der Waals surface area contributed by atoms with Crippen LogP contribution in [0.5, 0.6) is 0 Å². The standard InChI is InChI=1S/C22H26N2O4S/c25-22(24-21-9-3-6-16-5-1-2-8-20(16)21)17-10-12-19(13-11-17)29(26,27)23-15-18-7-4-14-28-18/h1-2,5,8,10-13,18,21,23H,3-4,6-7,9,14-15H2,(H,24,25)/t18-,21+/m0/s1. The SMILES string of the molecule is O=C(N[C@@H]1CCCc2ccccc21)c1ccc(S(=O)(=O)NC[C@@H]2CCCO2)cc1. The van der Waals surface area contributed by atoms with Crippen LogP contribution in [0.2, 0.25) is 0 Å². The van der Waals surface area contributed by atoms with Crippen molar-refractivity contribution in [2.45, 2.75) is 49.1 Å². The van der Waals surface area contributed by atoms with Gasteiger partial charge in [0.1, 0.15) is 0 Å². The molecular formula is C22H26N2O4S. The van der Waals surface area contributed by atoms with Crippen LogP contribution in [0, 0.1) is 0 Å². The maximum absolute atomic E-state index is 12.7. The zero-order chi connectivity index (χ0) is 20.3. The number of nitrogens with one attached hydrogen (secondary N) is 2. The Hall–Kier alpha value is -2.22. The number of amides is 1. The Morgan fingerprint density at radius 3 is 2.59 bits per heavy atom. The quantitative estimate of drug-likeness (QED) is 0.761. The Labute approximate surface area is 171 Å². The molecule has 154 valence electrons. The number of hydrogen-bond donors (Lipinski definition) is 2. The molecule has 0 spiro atoms. The van der Waals surface area contributed by atoms with E-state index in [0.717, 1.165) is 32.1 Å². The second-order valence-corrected chi connectivity index (χ2v) is 9.40. The van der Waals surface area contributed by atoms with Gasteiger partial charge in [-0.15, -0.1) is 0 Å². The van der Waals surface area contributed by atoms with Gasteiger partial charge in [0, 0.05) is 18.7 Å². The van der Waals surface area contributed by atoms with E-state index in [2.05, 4.69) is 22.2 Å². The Morgan fingerprint density at radius 2 is 1.83 bits per heavy atom. The second kappa shape index (κ2) is 8.65. The van der Waals surface area contributed by atoms with Crippen LogP contribution < -0.4 is 10.0 Å². The maximum atomic E-state index is 12.7. The monoisotopic (exact) mass is 414 g/mol. The molecule has 4 rings (SSSR count). The first-order valence-electron chi connectivity index (χ1n) is 10.1. The molecule has 1 amide bonds. The predicted octanol–water partition coefficient (Wildman–Crippen LogP) is 2.95. The van der Waals surface area contributed by atoms with Gasteiger partial charge in [-0.3, -0.25) is 4.79 Å². The molecule has 2 aliphatic rings. The predicted molar refractivity (Wildman–Crippen MR) is 110 cm³/mol. The Morgan fingerprint density at radius 1 is 1.03 bits per heavy atom. The van der Waals surface area contributed by atoms with E-state index < -0.39 is 10.0 Å². The number of fused-ring (bicyclic) bond motifs is 1. The van der Waals surface area contributed by atoms with Gasteiger partial charge in [0.05, 0.1) is 17.0 Å². The fourth-order valence-electron chi connectivity index (χ4n) is 4.02. The molecule has 2 aromatic carbocycles. The summed E-state index contributed by atoms with van der Waals surface area (Å²) in [7, 11) is -3.62. The number of benzene rings is 2. The van der Waals surface area contributed by atoms with Crippen LogP contribution >= 0.6 is 0 Å². The van der Waals surface area contributed by atoms with Gasteiger partial charge < -0.3 is 10.1 Å². The molecule has 2 atom stereocenters. The first-order valence-corrected chi connectivity index (χ1v) is 11.6. The highest BCUT2D eigenvalue weighted by Gasteiger charge is 2.23. The van der Waals surface area contributed by atoms with Crippen LogP contribution in [0.3, 0.4) is 0 Å². The van der Waals surface area contributed by atoms with Crippen molar-refractivity contribution in [1.82, 2.24) is 10.0 Å². The van der Waals surface area contributed by atoms with E-state index in [-0.39, 0.29) is 29.5 Å². The minimum atomic E-state index is -3.62. The number of sulfonamides is 1. The third-order valence-corrected chi connectivity index (χ3v) is 7.07. The molecule has 1 heterocycles. The van der Waals surface area contributed by atoms with Crippen LogP contribution in [0.25, 0.3) is 0 Å². The summed E-state index contributed by atoms with van der Waals surface area (Å²) in [5, 5.41) is 3.09. The molecule has 1 aliphatic heterocycles. The average molecular weight is 415 g/mol. The van der Waals surface area contributed by atoms with Gasteiger partial charge in [0.2, 0.25) is 10.0 Å². The molecule has 2 N–H and O–H groups in total. The molecule has 0 aromatic heterocycles. The molecule has 29 heavy (non-hydrogen) atoms. The largest absolute Gasteiger partial charge is 0.377 e. The fourth-order valence-corrected chi connectivity index (χ4v) is 5.09. The van der Waals surface area contributed by atoms with Crippen molar-refractivity contribution < 1.29 is 17.9 Å². The Bertz CT molecular complexity index is 967. The summed E-state index contributed by atoms with van der Waals surface area (Å²) in [6, 6.07) is 14.2. The van der Waals surface area contributed by atoms with Crippen molar-refractivity contribution in [1.29, 1.82) is 0 Å². The number of carbonyl (C=O) groups is 1. The van der Waals surface area contributed by atoms with Gasteiger partial charge in [0.25, 0.3) is 5.91 Å². The van der Waals surface area contributed by atoms with E-state index in [1.807, 2.05) is 12.1 Å². The molecule has 1 saturated heterocycles. The lowest BCUT2D eigenvalue weighted by molar-refractivity contribution is 0.0932. The summed E-state index contributed by atoms with van der Waals surface area (Å²) < 4.78 is 33.0. The minimum absolute atomic E-state index is 0.0102. The van der Waals surface area contributed by atoms with Crippen LogP contribution in [-0.4, -0.2) is 33.6 Å². The highest BCUT2D eigenvalue weighted by molar-refractivity contribution is 7.89. The van der Waals surface area contributed by atoms with E-state index >= 15 is 0 Å². The summed E-state index contributed by atoms with van der Waals surface area (Å²) in [4.78, 5) is 12.8. The van der Waals surface area contributed by atoms with Crippen molar-refractivity contribution in [2.24, 2.45) is 0 Å². The van der Waals surface area contributed by atoms with Gasteiger partial charge in [-0.2, -0.15) is 0 Å². The van der Waals surface area contributed by atoms with E-state index in [0.29, 0.717) is 12.2 Å². The molecule has 0 radical (unpaired) electrons. The van der Waals surface area contributed by atoms with E-state index in [1.54, 1.807) is 12.1 Å². The first kappa shape index (κ1) is 20.1. The number of rotatable bonds is 6. The van der Waals surface area contributed by atoms with Crippen LogP contribution in [0.1, 0.15) is 53.2 Å². The third kappa shape index (κ3) is 4.69. The molecule has 0 saturated carbocycles. The normalized spacial score (nSPS) is 21.5. The third-order valence-electron chi connectivity index (χ3n) is 5.63. The smallest absolute Gasteiger partial charge is 0.251 e.